The molecule has 1 amide bonds. The maximum atomic E-state index is 11.9. The maximum Gasteiger partial charge on any atom is 0.237 e. The molecule has 2 aromatic rings. The van der Waals surface area contributed by atoms with E-state index in [2.05, 4.69) is 26.3 Å². The summed E-state index contributed by atoms with van der Waals surface area (Å²) < 4.78 is 2.06. The number of aryl methyl sites for hydroxylation is 1. The van der Waals surface area contributed by atoms with Gasteiger partial charge in [-0.05, 0) is 31.9 Å². The van der Waals surface area contributed by atoms with E-state index in [0.29, 0.717) is 12.6 Å². The van der Waals surface area contributed by atoms with Crippen molar-refractivity contribution in [3.05, 3.63) is 30.1 Å². The van der Waals surface area contributed by atoms with Gasteiger partial charge in [0, 0.05) is 13.1 Å². The Morgan fingerprint density at radius 1 is 1.45 bits per heavy atom. The number of carbonyl (C=O) groups excluding carboxylic acids is 1. The molecule has 1 fully saturated rings. The van der Waals surface area contributed by atoms with Gasteiger partial charge in [-0.15, -0.1) is 0 Å². The standard InChI is InChI=1S/C15H20N4O/c1-10(15(20)17-11-7-8-11)16-9-14-18-12-5-3-4-6-13(12)19(14)2/h3-6,10-11,16H,7-9H2,1-2H3,(H,17,20). The molecule has 1 heterocycles. The minimum atomic E-state index is -0.199. The summed E-state index contributed by atoms with van der Waals surface area (Å²) in [5.74, 6) is 1.02. The molecule has 0 saturated heterocycles. The van der Waals surface area contributed by atoms with E-state index < -0.39 is 0 Å². The summed E-state index contributed by atoms with van der Waals surface area (Å²) in [6.07, 6.45) is 2.23. The lowest BCUT2D eigenvalue weighted by Gasteiger charge is -2.13. The van der Waals surface area contributed by atoms with Crippen molar-refractivity contribution in [2.45, 2.75) is 38.4 Å². The smallest absolute Gasteiger partial charge is 0.237 e. The highest BCUT2D eigenvalue weighted by Crippen LogP contribution is 2.18. The van der Waals surface area contributed by atoms with Crippen LogP contribution in [0.1, 0.15) is 25.6 Å². The molecule has 1 aromatic heterocycles. The fraction of sp³-hybridized carbons (Fsp3) is 0.467. The predicted octanol–water partition coefficient (Wildman–Crippen LogP) is 1.33. The lowest BCUT2D eigenvalue weighted by atomic mass is 10.3. The lowest BCUT2D eigenvalue weighted by molar-refractivity contribution is -0.122. The van der Waals surface area contributed by atoms with Gasteiger partial charge in [0.25, 0.3) is 0 Å². The van der Waals surface area contributed by atoms with Crippen LogP contribution in [0, 0.1) is 0 Å². The van der Waals surface area contributed by atoms with E-state index in [-0.39, 0.29) is 11.9 Å². The second-order valence-electron chi connectivity index (χ2n) is 5.46. The number of hydrogen-bond donors (Lipinski definition) is 2. The van der Waals surface area contributed by atoms with Gasteiger partial charge in [-0.25, -0.2) is 4.98 Å². The minimum absolute atomic E-state index is 0.0752. The molecule has 1 aromatic carbocycles. The normalized spacial score (nSPS) is 16.3. The zero-order valence-electron chi connectivity index (χ0n) is 11.9. The van der Waals surface area contributed by atoms with Gasteiger partial charge in [0.15, 0.2) is 0 Å². The largest absolute Gasteiger partial charge is 0.352 e. The first-order chi connectivity index (χ1) is 9.65. The molecule has 1 aliphatic carbocycles. The SMILES string of the molecule is CC(NCc1nc2ccccc2n1C)C(=O)NC1CC1. The number of hydrogen-bond acceptors (Lipinski definition) is 3. The number of rotatable bonds is 5. The molecule has 20 heavy (non-hydrogen) atoms. The summed E-state index contributed by atoms with van der Waals surface area (Å²) in [5.41, 5.74) is 2.10. The number of imidazole rings is 1. The van der Waals surface area contributed by atoms with Crippen LogP contribution >= 0.6 is 0 Å². The van der Waals surface area contributed by atoms with E-state index >= 15 is 0 Å². The van der Waals surface area contributed by atoms with Crippen LogP contribution in [0.2, 0.25) is 0 Å². The second-order valence-corrected chi connectivity index (χ2v) is 5.46. The van der Waals surface area contributed by atoms with Crippen LogP contribution in [0.5, 0.6) is 0 Å². The van der Waals surface area contributed by atoms with Crippen molar-refractivity contribution in [2.75, 3.05) is 0 Å². The third-order valence-electron chi connectivity index (χ3n) is 3.76. The van der Waals surface area contributed by atoms with Crippen LogP contribution in [0.3, 0.4) is 0 Å². The Morgan fingerprint density at radius 3 is 2.90 bits per heavy atom. The van der Waals surface area contributed by atoms with Crippen LogP contribution in [-0.4, -0.2) is 27.5 Å². The van der Waals surface area contributed by atoms with Crippen LogP contribution in [-0.2, 0) is 18.4 Å². The van der Waals surface area contributed by atoms with Crippen LogP contribution in [0.25, 0.3) is 11.0 Å². The molecule has 2 N–H and O–H groups in total. The van der Waals surface area contributed by atoms with Crippen molar-refractivity contribution >= 4 is 16.9 Å². The van der Waals surface area contributed by atoms with Crippen LogP contribution in [0.4, 0.5) is 0 Å². The number of nitrogens with one attached hydrogen (secondary N) is 2. The van der Waals surface area contributed by atoms with Crippen molar-refractivity contribution in [3.63, 3.8) is 0 Å². The first-order valence-corrected chi connectivity index (χ1v) is 7.09. The summed E-state index contributed by atoms with van der Waals surface area (Å²) in [6.45, 7) is 2.48. The highest BCUT2D eigenvalue weighted by molar-refractivity contribution is 5.81. The Bertz CT molecular complexity index is 630. The van der Waals surface area contributed by atoms with Gasteiger partial charge in [-0.3, -0.25) is 10.1 Å². The Balaban J connectivity index is 1.64. The zero-order chi connectivity index (χ0) is 14.1. The number of aromatic nitrogens is 2. The summed E-state index contributed by atoms with van der Waals surface area (Å²) in [4.78, 5) is 16.5. The Kier molecular flexibility index (Phi) is 3.44. The van der Waals surface area contributed by atoms with E-state index in [1.165, 1.54) is 0 Å². The first-order valence-electron chi connectivity index (χ1n) is 7.09. The molecular formula is C15H20N4O. The lowest BCUT2D eigenvalue weighted by Crippen LogP contribution is -2.42. The number of carbonyl (C=O) groups is 1. The van der Waals surface area contributed by atoms with Gasteiger partial charge in [0.2, 0.25) is 5.91 Å². The van der Waals surface area contributed by atoms with Crippen LogP contribution < -0.4 is 10.6 Å². The molecule has 106 valence electrons. The fourth-order valence-electron chi connectivity index (χ4n) is 2.24. The van der Waals surface area contributed by atoms with Crippen molar-refractivity contribution in [2.24, 2.45) is 7.05 Å². The first kappa shape index (κ1) is 13.1. The van der Waals surface area contributed by atoms with Crippen molar-refractivity contribution in [1.29, 1.82) is 0 Å². The molecular weight excluding hydrogens is 252 g/mol. The molecule has 0 aliphatic heterocycles. The van der Waals surface area contributed by atoms with Gasteiger partial charge >= 0.3 is 0 Å². The average Bonchev–Trinajstić information content (AvgIpc) is 3.20. The molecule has 1 saturated carbocycles. The van der Waals surface area contributed by atoms with Gasteiger partial charge in [-0.1, -0.05) is 12.1 Å². The Morgan fingerprint density at radius 2 is 2.20 bits per heavy atom. The van der Waals surface area contributed by atoms with Crippen molar-refractivity contribution < 1.29 is 4.79 Å². The summed E-state index contributed by atoms with van der Waals surface area (Å²) >= 11 is 0. The Hall–Kier alpha value is -1.88. The third kappa shape index (κ3) is 2.67. The molecule has 0 bridgehead atoms. The minimum Gasteiger partial charge on any atom is -0.352 e. The molecule has 1 aliphatic rings. The number of amides is 1. The topological polar surface area (TPSA) is 59.0 Å². The molecule has 1 atom stereocenters. The highest BCUT2D eigenvalue weighted by atomic mass is 16.2. The van der Waals surface area contributed by atoms with Crippen molar-refractivity contribution in [3.8, 4) is 0 Å². The highest BCUT2D eigenvalue weighted by Gasteiger charge is 2.25. The average molecular weight is 272 g/mol. The van der Waals surface area contributed by atoms with E-state index in [1.807, 2.05) is 32.2 Å². The van der Waals surface area contributed by atoms with Gasteiger partial charge in [0.1, 0.15) is 5.82 Å². The molecule has 5 heteroatoms. The molecule has 3 rings (SSSR count). The Labute approximate surface area is 118 Å². The summed E-state index contributed by atoms with van der Waals surface area (Å²) in [5, 5.41) is 6.24. The molecule has 5 nitrogen and oxygen atoms in total. The van der Waals surface area contributed by atoms with Gasteiger partial charge in [-0.2, -0.15) is 0 Å². The fourth-order valence-corrected chi connectivity index (χ4v) is 2.24. The number of fused-ring (bicyclic) bond motifs is 1. The number of benzene rings is 1. The van der Waals surface area contributed by atoms with E-state index in [4.69, 9.17) is 0 Å². The van der Waals surface area contributed by atoms with Gasteiger partial charge in [0.05, 0.1) is 23.6 Å². The van der Waals surface area contributed by atoms with E-state index in [9.17, 15) is 4.79 Å². The maximum absolute atomic E-state index is 11.9. The molecule has 1 unspecified atom stereocenters. The third-order valence-corrected chi connectivity index (χ3v) is 3.76. The second kappa shape index (κ2) is 5.25. The van der Waals surface area contributed by atoms with E-state index in [0.717, 1.165) is 29.7 Å². The summed E-state index contributed by atoms with van der Waals surface area (Å²) in [7, 11) is 2.00. The monoisotopic (exact) mass is 272 g/mol. The molecule has 0 spiro atoms. The van der Waals surface area contributed by atoms with Crippen LogP contribution in [0.15, 0.2) is 24.3 Å². The number of nitrogens with zero attached hydrogens (tertiary/aromatic N) is 2. The summed E-state index contributed by atoms with van der Waals surface area (Å²) in [6, 6.07) is 8.25. The number of para-hydroxylation sites is 2. The predicted molar refractivity (Wildman–Crippen MR) is 78.2 cm³/mol. The molecule has 0 radical (unpaired) electrons. The van der Waals surface area contributed by atoms with E-state index in [1.54, 1.807) is 0 Å². The van der Waals surface area contributed by atoms with Gasteiger partial charge < -0.3 is 9.88 Å². The zero-order valence-corrected chi connectivity index (χ0v) is 11.9. The van der Waals surface area contributed by atoms with Crippen molar-refractivity contribution in [1.82, 2.24) is 20.2 Å². The quantitative estimate of drug-likeness (QED) is 0.863.